The molecule has 5 heteroatoms. The Labute approximate surface area is 166 Å². The highest BCUT2D eigenvalue weighted by molar-refractivity contribution is 5.97. The first-order valence-corrected chi connectivity index (χ1v) is 9.41. The summed E-state index contributed by atoms with van der Waals surface area (Å²) in [7, 11) is 0. The summed E-state index contributed by atoms with van der Waals surface area (Å²) in [6.07, 6.45) is 1.88. The fourth-order valence-electron chi connectivity index (χ4n) is 3.77. The Hall–Kier alpha value is -2.04. The minimum Gasteiger partial charge on any atom is -0.486 e. The van der Waals surface area contributed by atoms with Crippen LogP contribution in [0.25, 0.3) is 0 Å². The molecule has 0 aromatic heterocycles. The average Bonchev–Trinajstić information content (AvgIpc) is 2.68. The lowest BCUT2D eigenvalue weighted by atomic mass is 9.88. The summed E-state index contributed by atoms with van der Waals surface area (Å²) in [6.45, 7) is 5.34. The number of ether oxygens (including phenoxy) is 2. The van der Waals surface area contributed by atoms with Crippen molar-refractivity contribution < 1.29 is 14.3 Å². The predicted octanol–water partition coefficient (Wildman–Crippen LogP) is 4.15. The van der Waals surface area contributed by atoms with Gasteiger partial charge in [0.1, 0.15) is 12.7 Å². The van der Waals surface area contributed by atoms with Crippen molar-refractivity contribution >= 4 is 18.2 Å². The van der Waals surface area contributed by atoms with Gasteiger partial charge in [0.25, 0.3) is 0 Å². The van der Waals surface area contributed by atoms with Crippen LogP contribution in [-0.4, -0.2) is 43.0 Å². The molecule has 4 nitrogen and oxygen atoms in total. The molecule has 1 fully saturated rings. The van der Waals surface area contributed by atoms with Gasteiger partial charge in [0.2, 0.25) is 0 Å². The number of Topliss-reactive ketones (excluding diaryl/α,β-unsaturated/α-hetero) is 1. The molecule has 0 aliphatic carbocycles. The Balaban J connectivity index is 0.00000210. The first kappa shape index (κ1) is 19.7. The van der Waals surface area contributed by atoms with Crippen molar-refractivity contribution in [1.82, 2.24) is 4.90 Å². The number of nitrogens with zero attached hydrogens (tertiary/aromatic N) is 1. The van der Waals surface area contributed by atoms with Crippen LogP contribution >= 0.6 is 12.4 Å². The van der Waals surface area contributed by atoms with Crippen molar-refractivity contribution in [3.63, 3.8) is 0 Å². The second-order valence-corrected chi connectivity index (χ2v) is 7.30. The summed E-state index contributed by atoms with van der Waals surface area (Å²) >= 11 is 0. The SMILES string of the molecule is Cc1ccc(C(=O)C2CCN(CC3COc4ccccc4O3)CC2)cc1.Cl. The van der Waals surface area contributed by atoms with Gasteiger partial charge in [-0.3, -0.25) is 9.69 Å². The molecule has 1 atom stereocenters. The number of ketones is 1. The van der Waals surface area contributed by atoms with Crippen LogP contribution in [0.4, 0.5) is 0 Å². The number of carbonyl (C=O) groups is 1. The van der Waals surface area contributed by atoms with E-state index in [9.17, 15) is 4.79 Å². The Morgan fingerprint density at radius 1 is 1.04 bits per heavy atom. The van der Waals surface area contributed by atoms with Gasteiger partial charge in [-0.05, 0) is 45.0 Å². The monoisotopic (exact) mass is 387 g/mol. The van der Waals surface area contributed by atoms with E-state index in [1.807, 2.05) is 55.5 Å². The van der Waals surface area contributed by atoms with E-state index >= 15 is 0 Å². The third-order valence-electron chi connectivity index (χ3n) is 5.32. The van der Waals surface area contributed by atoms with Crippen LogP contribution < -0.4 is 9.47 Å². The molecule has 1 saturated heterocycles. The molecule has 2 aromatic carbocycles. The van der Waals surface area contributed by atoms with Gasteiger partial charge in [0.05, 0.1) is 0 Å². The highest BCUT2D eigenvalue weighted by Gasteiger charge is 2.29. The molecular weight excluding hydrogens is 362 g/mol. The standard InChI is InChI=1S/C22H25NO3.ClH/c1-16-6-8-17(9-7-16)22(24)18-10-12-23(13-11-18)14-19-15-25-20-4-2-3-5-21(20)26-19;/h2-9,18-19H,10-15H2,1H3;1H. The van der Waals surface area contributed by atoms with Gasteiger partial charge in [-0.1, -0.05) is 42.0 Å². The van der Waals surface area contributed by atoms with Crippen LogP contribution in [0.5, 0.6) is 11.5 Å². The Morgan fingerprint density at radius 2 is 1.70 bits per heavy atom. The third kappa shape index (κ3) is 4.63. The maximum atomic E-state index is 12.7. The van der Waals surface area contributed by atoms with Crippen LogP contribution in [0.3, 0.4) is 0 Å². The van der Waals surface area contributed by atoms with Crippen LogP contribution in [-0.2, 0) is 0 Å². The molecule has 0 spiro atoms. The molecule has 144 valence electrons. The summed E-state index contributed by atoms with van der Waals surface area (Å²) in [5, 5.41) is 0. The molecule has 27 heavy (non-hydrogen) atoms. The number of hydrogen-bond acceptors (Lipinski definition) is 4. The first-order valence-electron chi connectivity index (χ1n) is 9.41. The first-order chi connectivity index (χ1) is 12.7. The van der Waals surface area contributed by atoms with E-state index in [4.69, 9.17) is 9.47 Å². The molecule has 0 N–H and O–H groups in total. The molecule has 2 heterocycles. The van der Waals surface area contributed by atoms with E-state index < -0.39 is 0 Å². The van der Waals surface area contributed by atoms with E-state index in [0.29, 0.717) is 6.61 Å². The van der Waals surface area contributed by atoms with E-state index in [1.165, 1.54) is 5.56 Å². The van der Waals surface area contributed by atoms with Crippen molar-refractivity contribution in [2.45, 2.75) is 25.9 Å². The fourth-order valence-corrected chi connectivity index (χ4v) is 3.77. The molecule has 2 aliphatic rings. The highest BCUT2D eigenvalue weighted by atomic mass is 35.5. The van der Waals surface area contributed by atoms with Gasteiger partial charge < -0.3 is 9.47 Å². The number of halogens is 1. The van der Waals surface area contributed by atoms with Crippen molar-refractivity contribution in [2.24, 2.45) is 5.92 Å². The minimum atomic E-state index is 0. The Bertz CT molecular complexity index is 769. The Kier molecular flexibility index (Phi) is 6.40. The number of piperidine rings is 1. The molecule has 2 aromatic rings. The second kappa shape index (κ2) is 8.77. The summed E-state index contributed by atoms with van der Waals surface area (Å²) in [5.41, 5.74) is 2.03. The number of hydrogen-bond donors (Lipinski definition) is 0. The number of para-hydroxylation sites is 2. The zero-order valence-corrected chi connectivity index (χ0v) is 16.4. The third-order valence-corrected chi connectivity index (χ3v) is 5.32. The van der Waals surface area contributed by atoms with Crippen LogP contribution in [0.1, 0.15) is 28.8 Å². The van der Waals surface area contributed by atoms with Gasteiger partial charge in [0.15, 0.2) is 17.3 Å². The summed E-state index contributed by atoms with van der Waals surface area (Å²) in [6, 6.07) is 15.7. The largest absolute Gasteiger partial charge is 0.486 e. The highest BCUT2D eigenvalue weighted by Crippen LogP contribution is 2.31. The summed E-state index contributed by atoms with van der Waals surface area (Å²) in [4.78, 5) is 15.1. The van der Waals surface area contributed by atoms with Crippen LogP contribution in [0.2, 0.25) is 0 Å². The molecule has 4 rings (SSSR count). The maximum Gasteiger partial charge on any atom is 0.166 e. The number of carbonyl (C=O) groups excluding carboxylic acids is 1. The zero-order chi connectivity index (χ0) is 17.9. The van der Waals surface area contributed by atoms with Crippen molar-refractivity contribution in [3.8, 4) is 11.5 Å². The van der Waals surface area contributed by atoms with Gasteiger partial charge >= 0.3 is 0 Å². The molecule has 0 saturated carbocycles. The van der Waals surface area contributed by atoms with Crippen LogP contribution in [0, 0.1) is 12.8 Å². The van der Waals surface area contributed by atoms with Crippen molar-refractivity contribution in [3.05, 3.63) is 59.7 Å². The second-order valence-electron chi connectivity index (χ2n) is 7.30. The van der Waals surface area contributed by atoms with E-state index in [0.717, 1.165) is 49.5 Å². The minimum absolute atomic E-state index is 0. The van der Waals surface area contributed by atoms with Gasteiger partial charge in [-0.15, -0.1) is 12.4 Å². The number of benzene rings is 2. The lowest BCUT2D eigenvalue weighted by Crippen LogP contribution is -2.45. The maximum absolute atomic E-state index is 12.7. The number of fused-ring (bicyclic) bond motifs is 1. The summed E-state index contributed by atoms with van der Waals surface area (Å²) < 4.78 is 11.9. The quantitative estimate of drug-likeness (QED) is 0.739. The molecule has 2 aliphatic heterocycles. The lowest BCUT2D eigenvalue weighted by molar-refractivity contribution is 0.0462. The van der Waals surface area contributed by atoms with Gasteiger partial charge in [-0.25, -0.2) is 0 Å². The molecule has 0 radical (unpaired) electrons. The van der Waals surface area contributed by atoms with Crippen molar-refractivity contribution in [2.75, 3.05) is 26.2 Å². The molecule has 0 amide bonds. The molecule has 1 unspecified atom stereocenters. The van der Waals surface area contributed by atoms with E-state index in [2.05, 4.69) is 4.90 Å². The molecular formula is C22H26ClNO3. The normalized spacial score (nSPS) is 20.0. The summed E-state index contributed by atoms with van der Waals surface area (Å²) in [5.74, 6) is 2.08. The predicted molar refractivity (Wildman–Crippen MR) is 108 cm³/mol. The van der Waals surface area contributed by atoms with Gasteiger partial charge in [-0.2, -0.15) is 0 Å². The van der Waals surface area contributed by atoms with E-state index in [-0.39, 0.29) is 30.2 Å². The van der Waals surface area contributed by atoms with Gasteiger partial charge in [0, 0.05) is 18.0 Å². The van der Waals surface area contributed by atoms with Crippen LogP contribution in [0.15, 0.2) is 48.5 Å². The van der Waals surface area contributed by atoms with E-state index in [1.54, 1.807) is 0 Å². The zero-order valence-electron chi connectivity index (χ0n) is 15.6. The number of aryl methyl sites for hydroxylation is 1. The van der Waals surface area contributed by atoms with Crippen molar-refractivity contribution in [1.29, 1.82) is 0 Å². The average molecular weight is 388 g/mol. The number of likely N-dealkylation sites (tertiary alicyclic amines) is 1. The number of rotatable bonds is 4. The Morgan fingerprint density at radius 3 is 2.41 bits per heavy atom. The smallest absolute Gasteiger partial charge is 0.166 e. The molecule has 0 bridgehead atoms. The fraction of sp³-hybridized carbons (Fsp3) is 0.409. The topological polar surface area (TPSA) is 38.8 Å². The lowest BCUT2D eigenvalue weighted by Gasteiger charge is -2.35.